The maximum Gasteiger partial charge on any atom is 0.240 e. The topological polar surface area (TPSA) is 72.2 Å². The highest BCUT2D eigenvalue weighted by Crippen LogP contribution is 1.98. The van der Waals surface area contributed by atoms with Crippen LogP contribution in [0.2, 0.25) is 0 Å². The molecule has 3 N–H and O–H groups in total. The summed E-state index contributed by atoms with van der Waals surface area (Å²) < 4.78 is 0. The van der Waals surface area contributed by atoms with E-state index < -0.39 is 11.9 Å². The lowest BCUT2D eigenvalue weighted by Crippen LogP contribution is -2.43. The molecule has 13 heavy (non-hydrogen) atoms. The van der Waals surface area contributed by atoms with E-state index in [4.69, 9.17) is 5.73 Å². The van der Waals surface area contributed by atoms with Crippen molar-refractivity contribution in [1.82, 2.24) is 5.32 Å². The van der Waals surface area contributed by atoms with Crippen LogP contribution in [0.4, 0.5) is 0 Å². The van der Waals surface area contributed by atoms with Gasteiger partial charge in [-0.3, -0.25) is 9.59 Å². The molecule has 0 fully saturated rings. The van der Waals surface area contributed by atoms with Crippen molar-refractivity contribution < 1.29 is 9.59 Å². The van der Waals surface area contributed by atoms with Crippen molar-refractivity contribution in [2.45, 2.75) is 33.2 Å². The number of primary amides is 1. The van der Waals surface area contributed by atoms with Gasteiger partial charge < -0.3 is 11.1 Å². The SMILES string of the molecule is CC(=O)N[C@@H](CC=C(C)C)C(N)=O. The Kier molecular flexibility index (Phi) is 4.80. The molecule has 4 heteroatoms. The van der Waals surface area contributed by atoms with Gasteiger partial charge >= 0.3 is 0 Å². The van der Waals surface area contributed by atoms with Gasteiger partial charge in [-0.1, -0.05) is 11.6 Å². The summed E-state index contributed by atoms with van der Waals surface area (Å²) in [7, 11) is 0. The average Bonchev–Trinajstić information content (AvgIpc) is 1.96. The number of carbonyl (C=O) groups excluding carboxylic acids is 2. The third-order valence-electron chi connectivity index (χ3n) is 1.48. The Morgan fingerprint density at radius 1 is 1.38 bits per heavy atom. The predicted octanol–water partition coefficient (Wildman–Crippen LogP) is 0.333. The molecule has 0 heterocycles. The van der Waals surface area contributed by atoms with Crippen LogP contribution in [0.5, 0.6) is 0 Å². The van der Waals surface area contributed by atoms with Gasteiger partial charge in [-0.15, -0.1) is 0 Å². The van der Waals surface area contributed by atoms with Gasteiger partial charge in [-0.25, -0.2) is 0 Å². The Balaban J connectivity index is 4.19. The van der Waals surface area contributed by atoms with E-state index in [0.29, 0.717) is 6.42 Å². The van der Waals surface area contributed by atoms with Crippen molar-refractivity contribution >= 4 is 11.8 Å². The van der Waals surface area contributed by atoms with E-state index in [0.717, 1.165) is 5.57 Å². The van der Waals surface area contributed by atoms with E-state index in [1.807, 2.05) is 19.9 Å². The fourth-order valence-corrected chi connectivity index (χ4v) is 0.845. The summed E-state index contributed by atoms with van der Waals surface area (Å²) in [5.41, 5.74) is 6.18. The van der Waals surface area contributed by atoms with E-state index in [1.165, 1.54) is 6.92 Å². The predicted molar refractivity (Wildman–Crippen MR) is 50.8 cm³/mol. The molecule has 0 unspecified atom stereocenters. The van der Waals surface area contributed by atoms with Gasteiger partial charge in [0.15, 0.2) is 0 Å². The number of nitrogens with two attached hydrogens (primary N) is 1. The highest BCUT2D eigenvalue weighted by molar-refractivity contribution is 5.85. The minimum absolute atomic E-state index is 0.244. The summed E-state index contributed by atoms with van der Waals surface area (Å²) in [5.74, 6) is -0.751. The smallest absolute Gasteiger partial charge is 0.240 e. The Morgan fingerprint density at radius 2 is 1.92 bits per heavy atom. The van der Waals surface area contributed by atoms with Crippen molar-refractivity contribution in [2.24, 2.45) is 5.73 Å². The summed E-state index contributed by atoms with van der Waals surface area (Å²) in [4.78, 5) is 21.5. The van der Waals surface area contributed by atoms with E-state index in [9.17, 15) is 9.59 Å². The van der Waals surface area contributed by atoms with Crippen molar-refractivity contribution in [3.8, 4) is 0 Å². The van der Waals surface area contributed by atoms with E-state index in [1.54, 1.807) is 0 Å². The Morgan fingerprint density at radius 3 is 2.23 bits per heavy atom. The lowest BCUT2D eigenvalue weighted by molar-refractivity contribution is -0.126. The first-order chi connectivity index (χ1) is 5.93. The van der Waals surface area contributed by atoms with E-state index in [2.05, 4.69) is 5.32 Å². The van der Waals surface area contributed by atoms with Gasteiger partial charge in [0.05, 0.1) is 0 Å². The number of rotatable bonds is 4. The Labute approximate surface area is 78.2 Å². The minimum Gasteiger partial charge on any atom is -0.368 e. The van der Waals surface area contributed by atoms with Crippen LogP contribution in [-0.4, -0.2) is 17.9 Å². The number of hydrogen-bond acceptors (Lipinski definition) is 2. The molecule has 74 valence electrons. The fraction of sp³-hybridized carbons (Fsp3) is 0.556. The van der Waals surface area contributed by atoms with Gasteiger partial charge in [0, 0.05) is 6.92 Å². The number of nitrogens with one attached hydrogen (secondary N) is 1. The van der Waals surface area contributed by atoms with Gasteiger partial charge in [-0.2, -0.15) is 0 Å². The van der Waals surface area contributed by atoms with Crippen LogP contribution in [0.1, 0.15) is 27.2 Å². The van der Waals surface area contributed by atoms with Crippen molar-refractivity contribution in [1.29, 1.82) is 0 Å². The van der Waals surface area contributed by atoms with Crippen LogP contribution >= 0.6 is 0 Å². The second-order valence-corrected chi connectivity index (χ2v) is 3.17. The van der Waals surface area contributed by atoms with E-state index >= 15 is 0 Å². The van der Waals surface area contributed by atoms with Crippen LogP contribution < -0.4 is 11.1 Å². The second kappa shape index (κ2) is 5.35. The Hall–Kier alpha value is -1.32. The van der Waals surface area contributed by atoms with Crippen LogP contribution in [-0.2, 0) is 9.59 Å². The zero-order chi connectivity index (χ0) is 10.4. The second-order valence-electron chi connectivity index (χ2n) is 3.17. The lowest BCUT2D eigenvalue weighted by atomic mass is 10.1. The summed E-state index contributed by atoms with van der Waals surface area (Å²) in [6, 6.07) is -0.590. The molecule has 0 aromatic carbocycles. The molecule has 0 spiro atoms. The summed E-state index contributed by atoms with van der Waals surface area (Å²) >= 11 is 0. The average molecular weight is 184 g/mol. The van der Waals surface area contributed by atoms with Crippen molar-refractivity contribution in [3.63, 3.8) is 0 Å². The largest absolute Gasteiger partial charge is 0.368 e. The minimum atomic E-state index is -0.590. The van der Waals surface area contributed by atoms with Gasteiger partial charge in [0.25, 0.3) is 0 Å². The highest BCUT2D eigenvalue weighted by atomic mass is 16.2. The third kappa shape index (κ3) is 5.90. The van der Waals surface area contributed by atoms with Crippen molar-refractivity contribution in [2.75, 3.05) is 0 Å². The first-order valence-electron chi connectivity index (χ1n) is 4.13. The zero-order valence-corrected chi connectivity index (χ0v) is 8.26. The molecule has 2 amide bonds. The fourth-order valence-electron chi connectivity index (χ4n) is 0.845. The summed E-state index contributed by atoms with van der Waals surface area (Å²) in [5, 5.41) is 2.48. The molecular weight excluding hydrogens is 168 g/mol. The number of allylic oxidation sites excluding steroid dienone is 1. The molecule has 0 rings (SSSR count). The Bertz CT molecular complexity index is 230. The van der Waals surface area contributed by atoms with E-state index in [-0.39, 0.29) is 5.91 Å². The van der Waals surface area contributed by atoms with Gasteiger partial charge in [0.1, 0.15) is 6.04 Å². The quantitative estimate of drug-likeness (QED) is 0.618. The molecule has 0 saturated carbocycles. The molecule has 0 aromatic rings. The summed E-state index contributed by atoms with van der Waals surface area (Å²) in [6.07, 6.45) is 2.32. The number of amides is 2. The van der Waals surface area contributed by atoms with Crippen LogP contribution in [0.15, 0.2) is 11.6 Å². The molecule has 0 radical (unpaired) electrons. The first kappa shape index (κ1) is 11.7. The molecule has 0 aliphatic heterocycles. The van der Waals surface area contributed by atoms with Crippen molar-refractivity contribution in [3.05, 3.63) is 11.6 Å². The zero-order valence-electron chi connectivity index (χ0n) is 8.26. The highest BCUT2D eigenvalue weighted by Gasteiger charge is 2.13. The standard InChI is InChI=1S/C9H16N2O2/c1-6(2)4-5-8(9(10)13)11-7(3)12/h4,8H,5H2,1-3H3,(H2,10,13)(H,11,12)/t8-/m0/s1. The summed E-state index contributed by atoms with van der Waals surface area (Å²) in [6.45, 7) is 5.20. The number of carbonyl (C=O) groups is 2. The molecule has 0 aromatic heterocycles. The van der Waals surface area contributed by atoms with Crippen LogP contribution in [0, 0.1) is 0 Å². The van der Waals surface area contributed by atoms with Crippen LogP contribution in [0.25, 0.3) is 0 Å². The molecule has 0 aliphatic rings. The lowest BCUT2D eigenvalue weighted by Gasteiger charge is -2.11. The monoisotopic (exact) mass is 184 g/mol. The molecule has 0 bridgehead atoms. The maximum absolute atomic E-state index is 10.8. The molecule has 0 saturated heterocycles. The van der Waals surface area contributed by atoms with Gasteiger partial charge in [0.2, 0.25) is 11.8 Å². The van der Waals surface area contributed by atoms with Crippen LogP contribution in [0.3, 0.4) is 0 Å². The number of hydrogen-bond donors (Lipinski definition) is 2. The third-order valence-corrected chi connectivity index (χ3v) is 1.48. The normalized spacial score (nSPS) is 11.6. The maximum atomic E-state index is 10.8. The molecular formula is C9H16N2O2. The molecule has 4 nitrogen and oxygen atoms in total. The molecule has 0 aliphatic carbocycles. The van der Waals surface area contributed by atoms with Gasteiger partial charge in [-0.05, 0) is 20.3 Å². The molecule has 1 atom stereocenters. The first-order valence-corrected chi connectivity index (χ1v) is 4.13.